The van der Waals surface area contributed by atoms with Gasteiger partial charge in [0.05, 0.1) is 4.92 Å². The zero-order chi connectivity index (χ0) is 13.3. The Labute approximate surface area is 111 Å². The molecule has 1 aromatic rings. The van der Waals surface area contributed by atoms with Gasteiger partial charge in [0.25, 0.3) is 0 Å². The molecule has 2 N–H and O–H groups in total. The molecule has 2 rings (SSSR count). The number of fused-ring (bicyclic) bond motifs is 1. The number of benzene rings is 1. The highest BCUT2D eigenvalue weighted by Crippen LogP contribution is 2.36. The van der Waals surface area contributed by atoms with Crippen molar-refractivity contribution in [3.05, 3.63) is 61.8 Å². The number of nitrogens with zero attached hydrogens (tertiary/aromatic N) is 1. The molecule has 1 amide bonds. The first-order valence-corrected chi connectivity index (χ1v) is 5.93. The van der Waals surface area contributed by atoms with Gasteiger partial charge < -0.3 is 5.73 Å². The van der Waals surface area contributed by atoms with E-state index in [-0.39, 0.29) is 0 Å². The second-order valence-electron chi connectivity index (χ2n) is 3.78. The van der Waals surface area contributed by atoms with Crippen LogP contribution in [-0.2, 0) is 6.42 Å². The van der Waals surface area contributed by atoms with Crippen LogP contribution in [0.15, 0.2) is 35.0 Å². The fourth-order valence-corrected chi connectivity index (χ4v) is 2.58. The summed E-state index contributed by atoms with van der Waals surface area (Å²) in [5, 5.41) is 10.3. The Bertz CT molecular complexity index is 606. The zero-order valence-corrected chi connectivity index (χ0v) is 10.8. The van der Waals surface area contributed by atoms with Gasteiger partial charge in [0.2, 0.25) is 12.1 Å². The van der Waals surface area contributed by atoms with Gasteiger partial charge in [-0.1, -0.05) is 22.0 Å². The fraction of sp³-hybridized carbons (Fsp3) is 0.0833. The van der Waals surface area contributed by atoms with Crippen LogP contribution in [0.25, 0.3) is 5.57 Å². The number of hydrogen-bond donors (Lipinski definition) is 1. The van der Waals surface area contributed by atoms with Crippen molar-refractivity contribution in [2.24, 2.45) is 5.73 Å². The molecular formula is C12H9BrN2O3. The summed E-state index contributed by atoms with van der Waals surface area (Å²) in [7, 11) is 0. The second kappa shape index (κ2) is 4.73. The highest BCUT2D eigenvalue weighted by Gasteiger charge is 2.21. The Balaban J connectivity index is 2.51. The van der Waals surface area contributed by atoms with Gasteiger partial charge in [0, 0.05) is 21.7 Å². The number of primary amides is 1. The van der Waals surface area contributed by atoms with Crippen LogP contribution in [0.1, 0.15) is 21.5 Å². The van der Waals surface area contributed by atoms with E-state index in [0.29, 0.717) is 12.0 Å². The van der Waals surface area contributed by atoms with Crippen molar-refractivity contribution in [1.29, 1.82) is 0 Å². The molecule has 0 radical (unpaired) electrons. The molecule has 0 aromatic heterocycles. The smallest absolute Gasteiger partial charge is 0.249 e. The molecule has 5 nitrogen and oxygen atoms in total. The molecule has 0 heterocycles. The molecule has 0 atom stereocenters. The summed E-state index contributed by atoms with van der Waals surface area (Å²) in [6.07, 6.45) is 4.68. The minimum atomic E-state index is -0.523. The molecule has 0 unspecified atom stereocenters. The summed E-state index contributed by atoms with van der Waals surface area (Å²) in [4.78, 5) is 21.1. The SMILES string of the molecule is NC(=O)c1ccc(Br)c2c1CC=C2/C=C/[N+](=O)[O-]. The van der Waals surface area contributed by atoms with Crippen molar-refractivity contribution in [1.82, 2.24) is 0 Å². The third kappa shape index (κ3) is 2.19. The first kappa shape index (κ1) is 12.5. The second-order valence-corrected chi connectivity index (χ2v) is 4.63. The average molecular weight is 309 g/mol. The lowest BCUT2D eigenvalue weighted by atomic mass is 10.00. The number of allylic oxidation sites excluding steroid dienone is 3. The molecular weight excluding hydrogens is 300 g/mol. The van der Waals surface area contributed by atoms with Crippen molar-refractivity contribution in [2.75, 3.05) is 0 Å². The number of hydrogen-bond acceptors (Lipinski definition) is 3. The standard InChI is InChI=1S/C12H9BrN2O3/c13-10-4-3-9(12(14)16)8-2-1-7(11(8)10)5-6-15(17)18/h1,3-6H,2H2,(H2,14,16)/b6-5+. The topological polar surface area (TPSA) is 86.2 Å². The lowest BCUT2D eigenvalue weighted by molar-refractivity contribution is -0.402. The quantitative estimate of drug-likeness (QED) is 0.686. The van der Waals surface area contributed by atoms with Crippen molar-refractivity contribution in [3.8, 4) is 0 Å². The van der Waals surface area contributed by atoms with Crippen molar-refractivity contribution in [3.63, 3.8) is 0 Å². The molecule has 0 aliphatic heterocycles. The molecule has 0 saturated heterocycles. The fourth-order valence-electron chi connectivity index (χ4n) is 1.98. The lowest BCUT2D eigenvalue weighted by Crippen LogP contribution is -2.13. The summed E-state index contributed by atoms with van der Waals surface area (Å²) in [5.41, 5.74) is 8.07. The van der Waals surface area contributed by atoms with Gasteiger partial charge in [-0.3, -0.25) is 14.9 Å². The van der Waals surface area contributed by atoms with E-state index >= 15 is 0 Å². The van der Waals surface area contributed by atoms with Crippen LogP contribution >= 0.6 is 15.9 Å². The Morgan fingerprint density at radius 2 is 2.22 bits per heavy atom. The molecule has 1 aliphatic rings. The van der Waals surface area contributed by atoms with E-state index in [1.54, 1.807) is 12.1 Å². The highest BCUT2D eigenvalue weighted by atomic mass is 79.9. The number of carbonyl (C=O) groups is 1. The average Bonchev–Trinajstić information content (AvgIpc) is 2.71. The van der Waals surface area contributed by atoms with E-state index in [1.807, 2.05) is 6.08 Å². The van der Waals surface area contributed by atoms with Crippen molar-refractivity contribution < 1.29 is 9.72 Å². The van der Waals surface area contributed by atoms with Crippen LogP contribution in [0.5, 0.6) is 0 Å². The lowest BCUT2D eigenvalue weighted by Gasteiger charge is -2.08. The zero-order valence-electron chi connectivity index (χ0n) is 9.22. The number of nitrogens with two attached hydrogens (primary N) is 1. The Morgan fingerprint density at radius 1 is 1.50 bits per heavy atom. The van der Waals surface area contributed by atoms with E-state index in [2.05, 4.69) is 15.9 Å². The van der Waals surface area contributed by atoms with Crippen LogP contribution in [0.4, 0.5) is 0 Å². The molecule has 0 spiro atoms. The molecule has 0 bridgehead atoms. The van der Waals surface area contributed by atoms with Gasteiger partial charge in [-0.05, 0) is 29.7 Å². The maximum Gasteiger partial charge on any atom is 0.249 e. The predicted octanol–water partition coefficient (Wildman–Crippen LogP) is 2.28. The van der Waals surface area contributed by atoms with E-state index < -0.39 is 10.8 Å². The van der Waals surface area contributed by atoms with Gasteiger partial charge in [0.15, 0.2) is 0 Å². The maximum atomic E-state index is 11.3. The Hall–Kier alpha value is -1.95. The predicted molar refractivity (Wildman–Crippen MR) is 70.5 cm³/mol. The van der Waals surface area contributed by atoms with Gasteiger partial charge in [0.1, 0.15) is 0 Å². The van der Waals surface area contributed by atoms with E-state index in [4.69, 9.17) is 5.73 Å². The maximum absolute atomic E-state index is 11.3. The molecule has 0 saturated carbocycles. The van der Waals surface area contributed by atoms with Crippen LogP contribution in [0, 0.1) is 10.1 Å². The summed E-state index contributed by atoms with van der Waals surface area (Å²) in [5.74, 6) is -0.494. The number of amides is 1. The monoisotopic (exact) mass is 308 g/mol. The van der Waals surface area contributed by atoms with Gasteiger partial charge in [-0.15, -0.1) is 0 Å². The summed E-state index contributed by atoms with van der Waals surface area (Å²) < 4.78 is 0.791. The third-order valence-corrected chi connectivity index (χ3v) is 3.38. The minimum absolute atomic E-state index is 0.453. The Morgan fingerprint density at radius 3 is 2.83 bits per heavy atom. The van der Waals surface area contributed by atoms with Crippen LogP contribution < -0.4 is 5.73 Å². The molecule has 18 heavy (non-hydrogen) atoms. The van der Waals surface area contributed by atoms with E-state index in [1.165, 1.54) is 6.08 Å². The molecule has 1 aliphatic carbocycles. The summed E-state index contributed by atoms with van der Waals surface area (Å²) >= 11 is 3.38. The molecule has 1 aromatic carbocycles. The van der Waals surface area contributed by atoms with Crippen molar-refractivity contribution >= 4 is 27.4 Å². The van der Waals surface area contributed by atoms with E-state index in [0.717, 1.165) is 27.4 Å². The normalized spacial score (nSPS) is 13.5. The van der Waals surface area contributed by atoms with E-state index in [9.17, 15) is 14.9 Å². The largest absolute Gasteiger partial charge is 0.366 e. The van der Waals surface area contributed by atoms with Gasteiger partial charge >= 0.3 is 0 Å². The third-order valence-electron chi connectivity index (χ3n) is 2.72. The van der Waals surface area contributed by atoms with Crippen LogP contribution in [0.3, 0.4) is 0 Å². The molecule has 6 heteroatoms. The minimum Gasteiger partial charge on any atom is -0.366 e. The van der Waals surface area contributed by atoms with Crippen LogP contribution in [0.2, 0.25) is 0 Å². The Kier molecular flexibility index (Phi) is 3.29. The van der Waals surface area contributed by atoms with Crippen molar-refractivity contribution in [2.45, 2.75) is 6.42 Å². The molecule has 0 fully saturated rings. The first-order chi connectivity index (χ1) is 8.50. The van der Waals surface area contributed by atoms with Gasteiger partial charge in [-0.2, -0.15) is 0 Å². The molecule has 92 valence electrons. The number of nitro groups is 1. The number of rotatable bonds is 3. The number of halogens is 1. The van der Waals surface area contributed by atoms with Crippen LogP contribution in [-0.4, -0.2) is 10.8 Å². The summed E-state index contributed by atoms with van der Waals surface area (Å²) in [6.45, 7) is 0. The number of carbonyl (C=O) groups excluding carboxylic acids is 1. The summed E-state index contributed by atoms with van der Waals surface area (Å²) in [6, 6.07) is 3.37. The first-order valence-electron chi connectivity index (χ1n) is 5.14. The van der Waals surface area contributed by atoms with Gasteiger partial charge in [-0.25, -0.2) is 0 Å². The highest BCUT2D eigenvalue weighted by molar-refractivity contribution is 9.10.